The summed E-state index contributed by atoms with van der Waals surface area (Å²) in [7, 11) is 0. The van der Waals surface area contributed by atoms with Crippen LogP contribution in [0.4, 0.5) is 4.79 Å². The third-order valence-corrected chi connectivity index (χ3v) is 3.69. The lowest BCUT2D eigenvalue weighted by Crippen LogP contribution is -2.48. The van der Waals surface area contributed by atoms with Crippen molar-refractivity contribution >= 4 is 11.9 Å². The first kappa shape index (κ1) is 11.4. The average molecular weight is 224 g/mol. The molecule has 2 fully saturated rings. The Morgan fingerprint density at radius 1 is 1.25 bits per heavy atom. The second kappa shape index (κ2) is 4.44. The Morgan fingerprint density at radius 2 is 1.94 bits per heavy atom. The summed E-state index contributed by atoms with van der Waals surface area (Å²) in [6.45, 7) is 2.64. The van der Waals surface area contributed by atoms with Crippen molar-refractivity contribution in [3.8, 4) is 0 Å². The van der Waals surface area contributed by atoms with E-state index < -0.39 is 5.54 Å². The van der Waals surface area contributed by atoms with Gasteiger partial charge in [-0.2, -0.15) is 0 Å². The van der Waals surface area contributed by atoms with Gasteiger partial charge in [0, 0.05) is 6.54 Å². The number of nitrogens with one attached hydrogen (secondary N) is 1. The van der Waals surface area contributed by atoms with Crippen LogP contribution in [0.15, 0.2) is 0 Å². The molecule has 0 atom stereocenters. The van der Waals surface area contributed by atoms with Gasteiger partial charge in [0.15, 0.2) is 0 Å². The molecule has 1 N–H and O–H groups in total. The molecule has 0 aromatic carbocycles. The fourth-order valence-corrected chi connectivity index (χ4v) is 2.69. The second-order valence-corrected chi connectivity index (χ2v) is 4.88. The highest BCUT2D eigenvalue weighted by Crippen LogP contribution is 2.33. The maximum Gasteiger partial charge on any atom is 0.325 e. The van der Waals surface area contributed by atoms with Crippen LogP contribution in [-0.4, -0.2) is 28.9 Å². The molecule has 0 aromatic rings. The van der Waals surface area contributed by atoms with Gasteiger partial charge < -0.3 is 5.32 Å². The molecule has 1 saturated heterocycles. The molecule has 1 aliphatic heterocycles. The Kier molecular flexibility index (Phi) is 3.17. The molecule has 0 aromatic heterocycles. The van der Waals surface area contributed by atoms with E-state index in [2.05, 4.69) is 12.2 Å². The number of hydrogen-bond donors (Lipinski definition) is 1. The summed E-state index contributed by atoms with van der Waals surface area (Å²) in [5.41, 5.74) is -0.539. The number of urea groups is 1. The van der Waals surface area contributed by atoms with E-state index >= 15 is 0 Å². The zero-order chi connectivity index (χ0) is 11.6. The lowest BCUT2D eigenvalue weighted by atomic mass is 9.82. The van der Waals surface area contributed by atoms with E-state index in [1.807, 2.05) is 0 Å². The van der Waals surface area contributed by atoms with Crippen molar-refractivity contribution in [2.45, 2.75) is 57.4 Å². The summed E-state index contributed by atoms with van der Waals surface area (Å²) in [5.74, 6) is 0.0191. The van der Waals surface area contributed by atoms with Gasteiger partial charge in [0.05, 0.1) is 0 Å². The van der Waals surface area contributed by atoms with E-state index in [0.29, 0.717) is 6.54 Å². The van der Waals surface area contributed by atoms with E-state index in [9.17, 15) is 9.59 Å². The Bertz CT molecular complexity index is 295. The maximum atomic E-state index is 12.2. The first-order chi connectivity index (χ1) is 7.69. The predicted molar refractivity (Wildman–Crippen MR) is 61.0 cm³/mol. The number of carbonyl (C=O) groups is 2. The third-order valence-electron chi connectivity index (χ3n) is 3.69. The molecule has 16 heavy (non-hydrogen) atoms. The van der Waals surface area contributed by atoms with E-state index in [0.717, 1.165) is 38.5 Å². The fourth-order valence-electron chi connectivity index (χ4n) is 2.69. The molecular weight excluding hydrogens is 204 g/mol. The van der Waals surface area contributed by atoms with E-state index in [4.69, 9.17) is 0 Å². The molecule has 2 rings (SSSR count). The lowest BCUT2D eigenvalue weighted by molar-refractivity contribution is -0.132. The van der Waals surface area contributed by atoms with Gasteiger partial charge in [0.25, 0.3) is 5.91 Å². The number of imide groups is 1. The second-order valence-electron chi connectivity index (χ2n) is 4.88. The Labute approximate surface area is 96.4 Å². The highest BCUT2D eigenvalue weighted by Gasteiger charge is 2.50. The normalized spacial score (nSPS) is 23.9. The van der Waals surface area contributed by atoms with Crippen LogP contribution in [0.25, 0.3) is 0 Å². The molecule has 4 nitrogen and oxygen atoms in total. The fraction of sp³-hybridized carbons (Fsp3) is 0.833. The van der Waals surface area contributed by atoms with Crippen LogP contribution < -0.4 is 5.32 Å². The standard InChI is InChI=1S/C12H20N2O2/c1-2-3-9-14-10(15)12(13-11(14)16)7-5-4-6-8-12/h2-9H2,1H3,(H,13,16). The Morgan fingerprint density at radius 3 is 2.56 bits per heavy atom. The SMILES string of the molecule is CCCCN1C(=O)NC2(CCCCC2)C1=O. The van der Waals surface area contributed by atoms with Gasteiger partial charge in [0.2, 0.25) is 0 Å². The van der Waals surface area contributed by atoms with Crippen molar-refractivity contribution in [3.05, 3.63) is 0 Å². The average Bonchev–Trinajstić information content (AvgIpc) is 2.50. The number of hydrogen-bond acceptors (Lipinski definition) is 2. The molecule has 3 amide bonds. The number of unbranched alkanes of at least 4 members (excludes halogenated alkanes) is 1. The summed E-state index contributed by atoms with van der Waals surface area (Å²) in [6.07, 6.45) is 6.82. The van der Waals surface area contributed by atoms with Crippen molar-refractivity contribution in [1.82, 2.24) is 10.2 Å². The van der Waals surface area contributed by atoms with Crippen LogP contribution in [0.3, 0.4) is 0 Å². The molecule has 0 unspecified atom stereocenters. The third kappa shape index (κ3) is 1.81. The largest absolute Gasteiger partial charge is 0.325 e. The van der Waals surface area contributed by atoms with Crippen molar-refractivity contribution in [1.29, 1.82) is 0 Å². The smallest absolute Gasteiger partial charge is 0.323 e. The van der Waals surface area contributed by atoms with Gasteiger partial charge in [-0.3, -0.25) is 9.69 Å². The van der Waals surface area contributed by atoms with Gasteiger partial charge in [-0.25, -0.2) is 4.79 Å². The van der Waals surface area contributed by atoms with Gasteiger partial charge >= 0.3 is 6.03 Å². The molecule has 1 aliphatic carbocycles. The predicted octanol–water partition coefficient (Wildman–Crippen LogP) is 2.04. The quantitative estimate of drug-likeness (QED) is 0.746. The minimum atomic E-state index is -0.539. The van der Waals surface area contributed by atoms with Crippen molar-refractivity contribution in [2.75, 3.05) is 6.54 Å². The molecule has 1 spiro atoms. The van der Waals surface area contributed by atoms with Crippen LogP contribution in [-0.2, 0) is 4.79 Å². The monoisotopic (exact) mass is 224 g/mol. The molecule has 1 heterocycles. The van der Waals surface area contributed by atoms with Gasteiger partial charge in [0.1, 0.15) is 5.54 Å². The van der Waals surface area contributed by atoms with Crippen LogP contribution >= 0.6 is 0 Å². The minimum Gasteiger partial charge on any atom is -0.323 e. The summed E-state index contributed by atoms with van der Waals surface area (Å²) in [6, 6.07) is -0.180. The summed E-state index contributed by atoms with van der Waals surface area (Å²) in [5, 5.41) is 2.92. The molecule has 0 bridgehead atoms. The topological polar surface area (TPSA) is 49.4 Å². The molecule has 90 valence electrons. The molecular formula is C12H20N2O2. The summed E-state index contributed by atoms with van der Waals surface area (Å²) < 4.78 is 0. The van der Waals surface area contributed by atoms with Crippen molar-refractivity contribution in [3.63, 3.8) is 0 Å². The van der Waals surface area contributed by atoms with Crippen LogP contribution in [0.1, 0.15) is 51.9 Å². The number of nitrogens with zero attached hydrogens (tertiary/aromatic N) is 1. The van der Waals surface area contributed by atoms with Gasteiger partial charge in [-0.15, -0.1) is 0 Å². The summed E-state index contributed by atoms with van der Waals surface area (Å²) in [4.78, 5) is 25.4. The lowest BCUT2D eigenvalue weighted by Gasteiger charge is -2.30. The molecule has 2 aliphatic rings. The number of amides is 3. The van der Waals surface area contributed by atoms with E-state index in [1.54, 1.807) is 0 Å². The first-order valence-corrected chi connectivity index (χ1v) is 6.34. The number of rotatable bonds is 3. The maximum absolute atomic E-state index is 12.2. The van der Waals surface area contributed by atoms with Crippen molar-refractivity contribution in [2.24, 2.45) is 0 Å². The minimum absolute atomic E-state index is 0.0191. The molecule has 1 saturated carbocycles. The van der Waals surface area contributed by atoms with Crippen LogP contribution in [0.5, 0.6) is 0 Å². The van der Waals surface area contributed by atoms with Crippen LogP contribution in [0.2, 0.25) is 0 Å². The van der Waals surface area contributed by atoms with Gasteiger partial charge in [-0.05, 0) is 19.3 Å². The molecule has 4 heteroatoms. The van der Waals surface area contributed by atoms with E-state index in [1.165, 1.54) is 11.3 Å². The van der Waals surface area contributed by atoms with Crippen LogP contribution in [0, 0.1) is 0 Å². The Balaban J connectivity index is 2.08. The van der Waals surface area contributed by atoms with Gasteiger partial charge in [-0.1, -0.05) is 32.6 Å². The molecule has 0 radical (unpaired) electrons. The first-order valence-electron chi connectivity index (χ1n) is 6.34. The number of carbonyl (C=O) groups excluding carboxylic acids is 2. The highest BCUT2D eigenvalue weighted by molar-refractivity contribution is 6.07. The van der Waals surface area contributed by atoms with E-state index in [-0.39, 0.29) is 11.9 Å². The summed E-state index contributed by atoms with van der Waals surface area (Å²) >= 11 is 0. The zero-order valence-corrected chi connectivity index (χ0v) is 9.92. The highest BCUT2D eigenvalue weighted by atomic mass is 16.2. The zero-order valence-electron chi connectivity index (χ0n) is 9.92. The Hall–Kier alpha value is -1.06. The van der Waals surface area contributed by atoms with Crippen molar-refractivity contribution < 1.29 is 9.59 Å².